The summed E-state index contributed by atoms with van der Waals surface area (Å²) in [7, 11) is 4.66. The predicted octanol–water partition coefficient (Wildman–Crippen LogP) is 4.77. The number of carbonyl (C=O) groups is 3. The SMILES string of the molecule is CCOC(=O)CN1CCN(C(=O)NC2(c3ccccc3)CCN(CCC3(c4ccccc4)CCN(C(=O)c4cc(OC)c(OC)c(OC)c4)C3)CC2)CC1. The molecule has 3 aromatic rings. The molecule has 3 amide bonds. The van der Waals surface area contributed by atoms with Crippen molar-refractivity contribution in [1.29, 1.82) is 0 Å². The molecule has 0 spiro atoms. The molecule has 0 bridgehead atoms. The van der Waals surface area contributed by atoms with Gasteiger partial charge in [0.2, 0.25) is 5.75 Å². The Morgan fingerprint density at radius 3 is 1.89 bits per heavy atom. The van der Waals surface area contributed by atoms with Gasteiger partial charge in [0.15, 0.2) is 11.5 Å². The number of nitrogens with zero attached hydrogens (tertiary/aromatic N) is 4. The van der Waals surface area contributed by atoms with E-state index in [0.717, 1.165) is 50.9 Å². The van der Waals surface area contributed by atoms with E-state index in [4.69, 9.17) is 18.9 Å². The van der Waals surface area contributed by atoms with Crippen molar-refractivity contribution in [3.63, 3.8) is 0 Å². The van der Waals surface area contributed by atoms with E-state index in [-0.39, 0.29) is 29.9 Å². The molecule has 0 saturated carbocycles. The van der Waals surface area contributed by atoms with Gasteiger partial charge in [0.25, 0.3) is 5.91 Å². The van der Waals surface area contributed by atoms with E-state index >= 15 is 0 Å². The van der Waals surface area contributed by atoms with Crippen molar-refractivity contribution < 1.29 is 33.3 Å². The summed E-state index contributed by atoms with van der Waals surface area (Å²) in [6.07, 6.45) is 3.33. The van der Waals surface area contributed by atoms with Crippen molar-refractivity contribution in [2.75, 3.05) is 93.4 Å². The van der Waals surface area contributed by atoms with E-state index < -0.39 is 5.54 Å². The predicted molar refractivity (Wildman–Crippen MR) is 206 cm³/mol. The molecule has 3 fully saturated rings. The lowest BCUT2D eigenvalue weighted by Gasteiger charge is -2.45. The largest absolute Gasteiger partial charge is 0.493 e. The number of amides is 3. The molecule has 12 nitrogen and oxygen atoms in total. The minimum atomic E-state index is -0.481. The summed E-state index contributed by atoms with van der Waals surface area (Å²) in [5, 5.41) is 3.48. The van der Waals surface area contributed by atoms with E-state index in [9.17, 15) is 14.4 Å². The first kappa shape index (κ1) is 38.9. The maximum atomic E-state index is 14.0. The molecule has 0 aromatic heterocycles. The van der Waals surface area contributed by atoms with Crippen LogP contribution in [0.5, 0.6) is 17.2 Å². The van der Waals surface area contributed by atoms with Crippen LogP contribution in [-0.4, -0.2) is 131 Å². The topological polar surface area (TPSA) is 113 Å². The van der Waals surface area contributed by atoms with Gasteiger partial charge in [-0.25, -0.2) is 4.79 Å². The molecule has 3 aromatic carbocycles. The third-order valence-corrected chi connectivity index (χ3v) is 11.5. The number of carbonyl (C=O) groups excluding carboxylic acids is 3. The highest BCUT2D eigenvalue weighted by Gasteiger charge is 2.43. The number of likely N-dealkylation sites (tertiary alicyclic amines) is 2. The molecular formula is C42H55N5O7. The number of piperazine rings is 1. The third-order valence-electron chi connectivity index (χ3n) is 11.5. The number of nitrogens with one attached hydrogen (secondary N) is 1. The molecule has 290 valence electrons. The van der Waals surface area contributed by atoms with E-state index in [1.54, 1.807) is 33.5 Å². The second-order valence-electron chi connectivity index (χ2n) is 14.6. The number of methoxy groups -OCH3 is 3. The smallest absolute Gasteiger partial charge is 0.320 e. The average molecular weight is 742 g/mol. The third kappa shape index (κ3) is 8.60. The molecule has 3 aliphatic rings. The summed E-state index contributed by atoms with van der Waals surface area (Å²) in [6.45, 7) is 8.60. The Morgan fingerprint density at radius 1 is 0.704 bits per heavy atom. The first-order chi connectivity index (χ1) is 26.2. The van der Waals surface area contributed by atoms with Crippen LogP contribution in [0.25, 0.3) is 0 Å². The lowest BCUT2D eigenvalue weighted by atomic mass is 9.76. The minimum Gasteiger partial charge on any atom is -0.493 e. The molecule has 6 rings (SSSR count). The van der Waals surface area contributed by atoms with Crippen LogP contribution < -0.4 is 19.5 Å². The maximum absolute atomic E-state index is 14.0. The monoisotopic (exact) mass is 741 g/mol. The van der Waals surface area contributed by atoms with Crippen molar-refractivity contribution in [2.45, 2.75) is 43.6 Å². The number of esters is 1. The number of ether oxygens (including phenoxy) is 4. The summed E-state index contributed by atoms with van der Waals surface area (Å²) < 4.78 is 21.7. The zero-order valence-electron chi connectivity index (χ0n) is 32.2. The number of urea groups is 1. The van der Waals surface area contributed by atoms with E-state index in [1.165, 1.54) is 5.56 Å². The Morgan fingerprint density at radius 2 is 1.31 bits per heavy atom. The Kier molecular flexibility index (Phi) is 12.6. The zero-order chi connectivity index (χ0) is 38.1. The van der Waals surface area contributed by atoms with Crippen LogP contribution in [0.3, 0.4) is 0 Å². The van der Waals surface area contributed by atoms with Crippen LogP contribution in [0.1, 0.15) is 54.1 Å². The highest BCUT2D eigenvalue weighted by molar-refractivity contribution is 5.96. The van der Waals surface area contributed by atoms with Gasteiger partial charge < -0.3 is 39.0 Å². The number of piperidine rings is 1. The van der Waals surface area contributed by atoms with Crippen LogP contribution in [-0.2, 0) is 20.5 Å². The number of hydrogen-bond donors (Lipinski definition) is 1. The first-order valence-electron chi connectivity index (χ1n) is 19.1. The van der Waals surface area contributed by atoms with Crippen LogP contribution in [0.15, 0.2) is 72.8 Å². The van der Waals surface area contributed by atoms with E-state index in [1.807, 2.05) is 45.9 Å². The lowest BCUT2D eigenvalue weighted by Crippen LogP contribution is -2.59. The molecule has 3 saturated heterocycles. The molecule has 12 heteroatoms. The highest BCUT2D eigenvalue weighted by atomic mass is 16.5. The van der Waals surface area contributed by atoms with Gasteiger partial charge >= 0.3 is 12.0 Å². The molecule has 54 heavy (non-hydrogen) atoms. The van der Waals surface area contributed by atoms with Crippen LogP contribution in [0.4, 0.5) is 4.79 Å². The fraction of sp³-hybridized carbons (Fsp3) is 0.500. The lowest BCUT2D eigenvalue weighted by molar-refractivity contribution is -0.144. The minimum absolute atomic E-state index is 0.0612. The molecule has 3 heterocycles. The quantitative estimate of drug-likeness (QED) is 0.248. The Balaban J connectivity index is 1.12. The van der Waals surface area contributed by atoms with Crippen LogP contribution in [0, 0.1) is 0 Å². The Labute approximate surface area is 319 Å². The zero-order valence-corrected chi connectivity index (χ0v) is 32.2. The normalized spacial score (nSPS) is 20.3. The van der Waals surface area contributed by atoms with E-state index in [2.05, 4.69) is 46.6 Å². The summed E-state index contributed by atoms with van der Waals surface area (Å²) in [6, 6.07) is 24.3. The van der Waals surface area contributed by atoms with Gasteiger partial charge in [-0.3, -0.25) is 14.5 Å². The average Bonchev–Trinajstić information content (AvgIpc) is 3.66. The molecule has 1 atom stereocenters. The Hall–Kier alpha value is -4.81. The van der Waals surface area contributed by atoms with Gasteiger partial charge in [-0.2, -0.15) is 0 Å². The Bertz CT molecular complexity index is 1700. The van der Waals surface area contributed by atoms with Gasteiger partial charge in [0.05, 0.1) is 40.0 Å². The second kappa shape index (κ2) is 17.6. The van der Waals surface area contributed by atoms with Crippen molar-refractivity contribution in [3.8, 4) is 17.2 Å². The second-order valence-corrected chi connectivity index (χ2v) is 14.6. The molecule has 0 aliphatic carbocycles. The summed E-state index contributed by atoms with van der Waals surface area (Å²) in [5.41, 5.74) is 2.19. The van der Waals surface area contributed by atoms with E-state index in [0.29, 0.717) is 68.7 Å². The van der Waals surface area contributed by atoms with Gasteiger partial charge in [-0.05, 0) is 62.4 Å². The van der Waals surface area contributed by atoms with Gasteiger partial charge in [0.1, 0.15) is 0 Å². The van der Waals surface area contributed by atoms with Crippen molar-refractivity contribution in [3.05, 3.63) is 89.5 Å². The summed E-state index contributed by atoms with van der Waals surface area (Å²) in [5.74, 6) is 1.08. The van der Waals surface area contributed by atoms with Crippen LogP contribution in [0.2, 0.25) is 0 Å². The van der Waals surface area contributed by atoms with Gasteiger partial charge in [-0.15, -0.1) is 0 Å². The fourth-order valence-electron chi connectivity index (χ4n) is 8.36. The summed E-state index contributed by atoms with van der Waals surface area (Å²) in [4.78, 5) is 48.2. The first-order valence-corrected chi connectivity index (χ1v) is 19.1. The van der Waals surface area contributed by atoms with Crippen molar-refractivity contribution >= 4 is 17.9 Å². The summed E-state index contributed by atoms with van der Waals surface area (Å²) >= 11 is 0. The molecule has 3 aliphatic heterocycles. The molecular weight excluding hydrogens is 686 g/mol. The molecule has 1 unspecified atom stereocenters. The van der Waals surface area contributed by atoms with Gasteiger partial charge in [-0.1, -0.05) is 60.7 Å². The molecule has 0 radical (unpaired) electrons. The van der Waals surface area contributed by atoms with Gasteiger partial charge in [0, 0.05) is 63.3 Å². The standard InChI is InChI=1S/C42H55N5O7/c1-5-54-37(48)30-45-24-26-46(27-25-45)40(50)43-42(34-14-10-7-11-15-34)18-21-44(22-19-42)20-16-41(33-12-8-6-9-13-33)17-23-47(31-41)39(49)32-28-35(51-2)38(53-4)36(29-32)52-3/h6-15,28-29H,5,16-27,30-31H2,1-4H3,(H,43,50). The number of hydrogen-bond acceptors (Lipinski definition) is 9. The van der Waals surface area contributed by atoms with Crippen molar-refractivity contribution in [2.24, 2.45) is 0 Å². The fourth-order valence-corrected chi connectivity index (χ4v) is 8.36. The number of benzene rings is 3. The highest BCUT2D eigenvalue weighted by Crippen LogP contribution is 2.42. The van der Waals surface area contributed by atoms with Crippen molar-refractivity contribution in [1.82, 2.24) is 24.9 Å². The maximum Gasteiger partial charge on any atom is 0.320 e. The molecule has 1 N–H and O–H groups in total. The van der Waals surface area contributed by atoms with Crippen LogP contribution >= 0.6 is 0 Å². The number of rotatable bonds is 13.